The van der Waals surface area contributed by atoms with Crippen molar-refractivity contribution in [2.24, 2.45) is 0 Å². The van der Waals surface area contributed by atoms with Crippen molar-refractivity contribution in [1.82, 2.24) is 0 Å². The van der Waals surface area contributed by atoms with E-state index >= 15 is 0 Å². The normalized spacial score (nSPS) is 12.8. The lowest BCUT2D eigenvalue weighted by atomic mass is 10.1. The molecule has 0 amide bonds. The SMILES string of the molecule is CC/C=C\C/C=C\C/C=C\CCCCC(=O)OCC(COC(=O)CCCCCCCCCCCC)OC(=O)CCC/C=C\C/C=C\C/C=C\CC. The fourth-order valence-electron chi connectivity index (χ4n) is 5.18. The van der Waals surface area contributed by atoms with Crippen LogP contribution in [0.4, 0.5) is 0 Å². The second kappa shape index (κ2) is 39.6. The van der Waals surface area contributed by atoms with Crippen LogP contribution in [0.15, 0.2) is 72.9 Å². The molecule has 1 atom stereocenters. The molecular formula is C45H74O6. The van der Waals surface area contributed by atoms with Gasteiger partial charge in [-0.2, -0.15) is 0 Å². The minimum absolute atomic E-state index is 0.108. The molecule has 0 aromatic heterocycles. The summed E-state index contributed by atoms with van der Waals surface area (Å²) in [6.45, 7) is 6.27. The van der Waals surface area contributed by atoms with Crippen molar-refractivity contribution in [3.63, 3.8) is 0 Å². The molecule has 0 aromatic carbocycles. The van der Waals surface area contributed by atoms with Crippen molar-refractivity contribution >= 4 is 17.9 Å². The zero-order chi connectivity index (χ0) is 37.3. The lowest BCUT2D eigenvalue weighted by molar-refractivity contribution is -0.167. The number of unbranched alkanes of at least 4 members (excludes halogenated alkanes) is 12. The van der Waals surface area contributed by atoms with Gasteiger partial charge in [0.05, 0.1) is 0 Å². The molecule has 0 saturated carbocycles. The van der Waals surface area contributed by atoms with Crippen molar-refractivity contribution in [3.05, 3.63) is 72.9 Å². The van der Waals surface area contributed by atoms with E-state index in [0.717, 1.165) is 83.5 Å². The molecule has 0 aliphatic carbocycles. The Balaban J connectivity index is 4.52. The topological polar surface area (TPSA) is 78.9 Å². The minimum atomic E-state index is -0.811. The highest BCUT2D eigenvalue weighted by molar-refractivity contribution is 5.71. The van der Waals surface area contributed by atoms with Crippen LogP contribution in [0.2, 0.25) is 0 Å². The van der Waals surface area contributed by atoms with E-state index < -0.39 is 6.10 Å². The van der Waals surface area contributed by atoms with Crippen molar-refractivity contribution in [1.29, 1.82) is 0 Å². The number of hydrogen-bond acceptors (Lipinski definition) is 6. The standard InChI is InChI=1S/C45H74O6/c1-4-7-10-13-16-19-22-24-26-29-32-35-38-44(47)50-41-42(40-49-43(46)37-34-31-28-25-21-18-15-12-9-6-3)51-45(48)39-36-33-30-27-23-20-17-14-11-8-5-2/h7-8,10-11,16-17,19-20,24,26-27,30,42H,4-6,9,12-15,18,21-23,25,28-29,31-41H2,1-3H3/b10-7-,11-8-,19-16-,20-17-,26-24-,30-27-. The molecule has 0 rings (SSSR count). The third-order valence-electron chi connectivity index (χ3n) is 8.21. The zero-order valence-corrected chi connectivity index (χ0v) is 32.8. The van der Waals surface area contributed by atoms with Gasteiger partial charge < -0.3 is 14.2 Å². The Bertz CT molecular complexity index is 1000. The predicted molar refractivity (Wildman–Crippen MR) is 214 cm³/mol. The Hall–Kier alpha value is -3.15. The number of ether oxygens (including phenoxy) is 3. The van der Waals surface area contributed by atoms with Crippen LogP contribution in [0, 0.1) is 0 Å². The monoisotopic (exact) mass is 711 g/mol. The summed E-state index contributed by atoms with van der Waals surface area (Å²) in [7, 11) is 0. The highest BCUT2D eigenvalue weighted by Crippen LogP contribution is 2.12. The van der Waals surface area contributed by atoms with E-state index in [1.54, 1.807) is 0 Å². The Morgan fingerprint density at radius 1 is 0.412 bits per heavy atom. The second-order valence-corrected chi connectivity index (χ2v) is 13.1. The molecule has 0 N–H and O–H groups in total. The van der Waals surface area contributed by atoms with Gasteiger partial charge in [-0.3, -0.25) is 14.4 Å². The van der Waals surface area contributed by atoms with E-state index in [2.05, 4.69) is 93.7 Å². The summed E-state index contributed by atoms with van der Waals surface area (Å²) in [5, 5.41) is 0. The summed E-state index contributed by atoms with van der Waals surface area (Å²) in [4.78, 5) is 37.5. The third kappa shape index (κ3) is 37.9. The molecule has 290 valence electrons. The highest BCUT2D eigenvalue weighted by atomic mass is 16.6. The third-order valence-corrected chi connectivity index (χ3v) is 8.21. The first-order valence-corrected chi connectivity index (χ1v) is 20.4. The molecule has 0 radical (unpaired) electrons. The van der Waals surface area contributed by atoms with Crippen molar-refractivity contribution < 1.29 is 28.6 Å². The molecule has 51 heavy (non-hydrogen) atoms. The molecule has 0 spiro atoms. The van der Waals surface area contributed by atoms with E-state index in [0.29, 0.717) is 19.3 Å². The maximum absolute atomic E-state index is 12.6. The smallest absolute Gasteiger partial charge is 0.306 e. The van der Waals surface area contributed by atoms with Crippen molar-refractivity contribution in [3.8, 4) is 0 Å². The Morgan fingerprint density at radius 3 is 1.25 bits per heavy atom. The van der Waals surface area contributed by atoms with Gasteiger partial charge in [0.1, 0.15) is 13.2 Å². The Labute approximate surface area is 312 Å². The fraction of sp³-hybridized carbons (Fsp3) is 0.667. The van der Waals surface area contributed by atoms with Crippen LogP contribution in [0.3, 0.4) is 0 Å². The summed E-state index contributed by atoms with van der Waals surface area (Å²) in [6, 6.07) is 0. The molecule has 0 saturated heterocycles. The predicted octanol–water partition coefficient (Wildman–Crippen LogP) is 12.7. The van der Waals surface area contributed by atoms with Gasteiger partial charge in [0.25, 0.3) is 0 Å². The van der Waals surface area contributed by atoms with Crippen LogP contribution in [-0.4, -0.2) is 37.2 Å². The molecule has 0 aliphatic heterocycles. The summed E-state index contributed by atoms with van der Waals surface area (Å²) in [6.07, 6.45) is 47.6. The maximum atomic E-state index is 12.6. The molecule has 0 bridgehead atoms. The fourth-order valence-corrected chi connectivity index (χ4v) is 5.18. The molecule has 0 aliphatic rings. The maximum Gasteiger partial charge on any atom is 0.306 e. The zero-order valence-electron chi connectivity index (χ0n) is 32.8. The Morgan fingerprint density at radius 2 is 0.784 bits per heavy atom. The van der Waals surface area contributed by atoms with Gasteiger partial charge in [0.2, 0.25) is 0 Å². The van der Waals surface area contributed by atoms with E-state index in [-0.39, 0.29) is 37.5 Å². The average Bonchev–Trinajstić information content (AvgIpc) is 3.12. The van der Waals surface area contributed by atoms with Gasteiger partial charge in [-0.1, -0.05) is 151 Å². The summed E-state index contributed by atoms with van der Waals surface area (Å²) in [5.74, 6) is -1.02. The number of esters is 3. The van der Waals surface area contributed by atoms with Gasteiger partial charge in [-0.25, -0.2) is 0 Å². The van der Waals surface area contributed by atoms with Gasteiger partial charge in [0.15, 0.2) is 6.10 Å². The molecule has 0 fully saturated rings. The number of carbonyl (C=O) groups is 3. The molecule has 1 unspecified atom stereocenters. The highest BCUT2D eigenvalue weighted by Gasteiger charge is 2.19. The van der Waals surface area contributed by atoms with Crippen LogP contribution < -0.4 is 0 Å². The average molecular weight is 711 g/mol. The summed E-state index contributed by atoms with van der Waals surface area (Å²) < 4.78 is 16.5. The van der Waals surface area contributed by atoms with Crippen LogP contribution >= 0.6 is 0 Å². The van der Waals surface area contributed by atoms with E-state index in [4.69, 9.17) is 14.2 Å². The van der Waals surface area contributed by atoms with Crippen LogP contribution in [-0.2, 0) is 28.6 Å². The van der Waals surface area contributed by atoms with Gasteiger partial charge in [-0.15, -0.1) is 0 Å². The summed E-state index contributed by atoms with van der Waals surface area (Å²) >= 11 is 0. The molecule has 6 nitrogen and oxygen atoms in total. The molecule has 0 aromatic rings. The Kier molecular flexibility index (Phi) is 37.2. The number of rotatable bonds is 35. The lowest BCUT2D eigenvalue weighted by Gasteiger charge is -2.18. The first-order chi connectivity index (χ1) is 25.0. The van der Waals surface area contributed by atoms with Crippen molar-refractivity contribution in [2.45, 2.75) is 181 Å². The second-order valence-electron chi connectivity index (χ2n) is 13.1. The van der Waals surface area contributed by atoms with Crippen LogP contribution in [0.25, 0.3) is 0 Å². The summed E-state index contributed by atoms with van der Waals surface area (Å²) in [5.41, 5.74) is 0. The van der Waals surface area contributed by atoms with E-state index in [1.807, 2.05) is 0 Å². The largest absolute Gasteiger partial charge is 0.462 e. The van der Waals surface area contributed by atoms with Crippen molar-refractivity contribution in [2.75, 3.05) is 13.2 Å². The van der Waals surface area contributed by atoms with E-state index in [9.17, 15) is 14.4 Å². The number of hydrogen-bond donors (Lipinski definition) is 0. The number of allylic oxidation sites excluding steroid dienone is 12. The van der Waals surface area contributed by atoms with Crippen LogP contribution in [0.5, 0.6) is 0 Å². The first-order valence-electron chi connectivity index (χ1n) is 20.4. The van der Waals surface area contributed by atoms with Gasteiger partial charge in [0, 0.05) is 19.3 Å². The first kappa shape index (κ1) is 47.8. The van der Waals surface area contributed by atoms with Crippen LogP contribution in [0.1, 0.15) is 175 Å². The number of carbonyl (C=O) groups excluding carboxylic acids is 3. The lowest BCUT2D eigenvalue weighted by Crippen LogP contribution is -2.30. The molecule has 6 heteroatoms. The quantitative estimate of drug-likeness (QED) is 0.0282. The van der Waals surface area contributed by atoms with Gasteiger partial charge >= 0.3 is 17.9 Å². The van der Waals surface area contributed by atoms with Gasteiger partial charge in [-0.05, 0) is 77.0 Å². The minimum Gasteiger partial charge on any atom is -0.462 e. The molecule has 0 heterocycles. The molecular weight excluding hydrogens is 636 g/mol. The van der Waals surface area contributed by atoms with E-state index in [1.165, 1.54) is 44.9 Å².